The highest BCUT2D eigenvalue weighted by atomic mass is 14.8. The van der Waals surface area contributed by atoms with Crippen LogP contribution in [0.15, 0.2) is 127 Å². The van der Waals surface area contributed by atoms with Crippen LogP contribution in [0.5, 0.6) is 0 Å². The summed E-state index contributed by atoms with van der Waals surface area (Å²) in [6, 6.07) is 16.7. The summed E-state index contributed by atoms with van der Waals surface area (Å²) in [5.41, 5.74) is 15.8. The number of benzene rings is 2. The number of hydrogen-bond acceptors (Lipinski definition) is 2. The van der Waals surface area contributed by atoms with Crippen LogP contribution < -0.4 is 11.1 Å². The van der Waals surface area contributed by atoms with Crippen molar-refractivity contribution in [2.75, 3.05) is 12.8 Å². The van der Waals surface area contributed by atoms with Gasteiger partial charge in [-0.2, -0.15) is 0 Å². The topological polar surface area (TPSA) is 38.0 Å². The second kappa shape index (κ2) is 17.8. The first-order valence-corrected chi connectivity index (χ1v) is 14.8. The molecule has 2 aromatic rings. The monoisotopic (exact) mass is 550 g/mol. The van der Waals surface area contributed by atoms with Crippen molar-refractivity contribution >= 4 is 11.4 Å². The van der Waals surface area contributed by atoms with E-state index in [1.165, 1.54) is 28.7 Å². The van der Waals surface area contributed by atoms with Crippen molar-refractivity contribution in [1.29, 1.82) is 0 Å². The number of nitrogen functional groups attached to an aromatic ring is 1. The van der Waals surface area contributed by atoms with Crippen molar-refractivity contribution < 1.29 is 0 Å². The Bertz CT molecular complexity index is 1270. The second-order valence-corrected chi connectivity index (χ2v) is 10.5. The minimum atomic E-state index is 0.366. The molecule has 0 aromatic heterocycles. The molecule has 1 aliphatic rings. The zero-order valence-electron chi connectivity index (χ0n) is 27.1. The number of anilines is 1. The summed E-state index contributed by atoms with van der Waals surface area (Å²) in [5.74, 6) is 1.55. The van der Waals surface area contributed by atoms with Crippen LogP contribution in [0.4, 0.5) is 5.69 Å². The van der Waals surface area contributed by atoms with Gasteiger partial charge in [0.15, 0.2) is 0 Å². The molecule has 220 valence electrons. The third-order valence-electron chi connectivity index (χ3n) is 8.37. The van der Waals surface area contributed by atoms with E-state index in [4.69, 9.17) is 5.73 Å². The van der Waals surface area contributed by atoms with Crippen LogP contribution in [0.3, 0.4) is 0 Å². The minimum absolute atomic E-state index is 0.366. The Hall–Kier alpha value is -3.78. The number of rotatable bonds is 9. The van der Waals surface area contributed by atoms with E-state index in [9.17, 15) is 0 Å². The summed E-state index contributed by atoms with van der Waals surface area (Å²) in [4.78, 5) is 0. The highest BCUT2D eigenvalue weighted by Crippen LogP contribution is 2.62. The number of nitrogens with two attached hydrogens (primary N) is 1. The van der Waals surface area contributed by atoms with Gasteiger partial charge >= 0.3 is 0 Å². The first-order valence-electron chi connectivity index (χ1n) is 14.8. The summed E-state index contributed by atoms with van der Waals surface area (Å²) in [7, 11) is 1.95. The smallest absolute Gasteiger partial charge is 0.0413 e. The van der Waals surface area contributed by atoms with Crippen molar-refractivity contribution in [2.45, 2.75) is 67.2 Å². The summed E-state index contributed by atoms with van der Waals surface area (Å²) in [6.45, 7) is 24.9. The van der Waals surface area contributed by atoms with E-state index in [1.807, 2.05) is 70.3 Å². The maximum absolute atomic E-state index is 6.05. The van der Waals surface area contributed by atoms with Crippen molar-refractivity contribution in [3.05, 3.63) is 144 Å². The van der Waals surface area contributed by atoms with E-state index in [0.717, 1.165) is 34.4 Å². The predicted molar refractivity (Wildman–Crippen MR) is 186 cm³/mol. The molecule has 2 atom stereocenters. The zero-order chi connectivity index (χ0) is 31.0. The van der Waals surface area contributed by atoms with Crippen molar-refractivity contribution in [2.24, 2.45) is 11.8 Å². The van der Waals surface area contributed by atoms with Gasteiger partial charge in [0, 0.05) is 29.4 Å². The Balaban J connectivity index is 0.000000308. The van der Waals surface area contributed by atoms with Crippen LogP contribution >= 0.6 is 0 Å². The molecule has 0 bridgehead atoms. The summed E-state index contributed by atoms with van der Waals surface area (Å²) >= 11 is 0. The molecular weight excluding hydrogens is 496 g/mol. The Kier molecular flexibility index (Phi) is 15.3. The largest absolute Gasteiger partial charge is 0.398 e. The lowest BCUT2D eigenvalue weighted by Gasteiger charge is -2.18. The van der Waals surface area contributed by atoms with Crippen LogP contribution in [0.1, 0.15) is 71.6 Å². The van der Waals surface area contributed by atoms with E-state index in [-0.39, 0.29) is 0 Å². The number of nitrogens with one attached hydrogen (secondary N) is 1. The lowest BCUT2D eigenvalue weighted by molar-refractivity contribution is 0.586. The molecule has 3 rings (SSSR count). The molecule has 0 saturated heterocycles. The van der Waals surface area contributed by atoms with Crippen LogP contribution in [-0.2, 0) is 5.41 Å². The Morgan fingerprint density at radius 3 is 2.05 bits per heavy atom. The average molecular weight is 551 g/mol. The Morgan fingerprint density at radius 1 is 0.976 bits per heavy atom. The fourth-order valence-corrected chi connectivity index (χ4v) is 5.45. The van der Waals surface area contributed by atoms with Gasteiger partial charge in [-0.3, -0.25) is 0 Å². The summed E-state index contributed by atoms with van der Waals surface area (Å²) < 4.78 is 0. The van der Waals surface area contributed by atoms with Gasteiger partial charge in [0.25, 0.3) is 0 Å². The van der Waals surface area contributed by atoms with Crippen LogP contribution in [0.25, 0.3) is 5.70 Å². The normalized spacial score (nSPS) is 20.6. The molecule has 1 fully saturated rings. The van der Waals surface area contributed by atoms with E-state index in [1.54, 1.807) is 6.08 Å². The van der Waals surface area contributed by atoms with Gasteiger partial charge in [-0.05, 0) is 92.9 Å². The third-order valence-corrected chi connectivity index (χ3v) is 8.37. The van der Waals surface area contributed by atoms with E-state index >= 15 is 0 Å². The first-order chi connectivity index (χ1) is 19.6. The zero-order valence-corrected chi connectivity index (χ0v) is 27.1. The molecule has 0 aliphatic heterocycles. The molecule has 2 heteroatoms. The SMILES string of the molecule is C/C=C\C=C(/NC)c1ccccc1C.C=C/C=C(\C=C/C)C(=C)/C(C)=C\C.CCC1(c2ccccc2N)C(C)C1C. The van der Waals surface area contributed by atoms with E-state index < -0.39 is 0 Å². The highest BCUT2D eigenvalue weighted by Gasteiger charge is 2.59. The van der Waals surface area contributed by atoms with Gasteiger partial charge in [-0.1, -0.05) is 119 Å². The lowest BCUT2D eigenvalue weighted by Crippen LogP contribution is -2.12. The van der Waals surface area contributed by atoms with Crippen molar-refractivity contribution in [3.8, 4) is 0 Å². The summed E-state index contributed by atoms with van der Waals surface area (Å²) in [6.07, 6.45) is 17.2. The Morgan fingerprint density at radius 2 is 1.59 bits per heavy atom. The molecule has 0 radical (unpaired) electrons. The molecule has 1 saturated carbocycles. The molecule has 41 heavy (non-hydrogen) atoms. The third kappa shape index (κ3) is 9.39. The van der Waals surface area contributed by atoms with Crippen molar-refractivity contribution in [1.82, 2.24) is 5.32 Å². The lowest BCUT2D eigenvalue weighted by atomic mass is 9.88. The molecule has 2 aromatic carbocycles. The van der Waals surface area contributed by atoms with Gasteiger partial charge < -0.3 is 11.1 Å². The van der Waals surface area contributed by atoms with Gasteiger partial charge in [0.1, 0.15) is 0 Å². The van der Waals surface area contributed by atoms with Crippen LogP contribution in [-0.4, -0.2) is 7.05 Å². The fraction of sp³-hybridized carbons (Fsp3) is 0.333. The quantitative estimate of drug-likeness (QED) is 0.241. The van der Waals surface area contributed by atoms with Gasteiger partial charge in [0.05, 0.1) is 0 Å². The molecule has 2 nitrogen and oxygen atoms in total. The highest BCUT2D eigenvalue weighted by molar-refractivity contribution is 5.67. The molecular formula is C39H54N2. The van der Waals surface area contributed by atoms with Gasteiger partial charge in [-0.15, -0.1) is 0 Å². The predicted octanol–water partition coefficient (Wildman–Crippen LogP) is 10.5. The summed E-state index contributed by atoms with van der Waals surface area (Å²) in [5, 5.41) is 3.20. The number of aryl methyl sites for hydroxylation is 1. The molecule has 3 N–H and O–H groups in total. The molecule has 0 heterocycles. The van der Waals surface area contributed by atoms with E-state index in [2.05, 4.69) is 102 Å². The van der Waals surface area contributed by atoms with Gasteiger partial charge in [0.2, 0.25) is 0 Å². The number of allylic oxidation sites excluding steroid dienone is 11. The second-order valence-electron chi connectivity index (χ2n) is 10.5. The maximum atomic E-state index is 6.05. The van der Waals surface area contributed by atoms with Crippen LogP contribution in [0, 0.1) is 18.8 Å². The number of hydrogen-bond donors (Lipinski definition) is 2. The van der Waals surface area contributed by atoms with E-state index in [0.29, 0.717) is 5.41 Å². The molecule has 0 amide bonds. The maximum Gasteiger partial charge on any atom is 0.0413 e. The minimum Gasteiger partial charge on any atom is -0.398 e. The van der Waals surface area contributed by atoms with Crippen molar-refractivity contribution in [3.63, 3.8) is 0 Å². The fourth-order valence-electron chi connectivity index (χ4n) is 5.45. The molecule has 0 spiro atoms. The van der Waals surface area contributed by atoms with Crippen LogP contribution in [0.2, 0.25) is 0 Å². The first kappa shape index (κ1) is 35.2. The van der Waals surface area contributed by atoms with Gasteiger partial charge in [-0.25, -0.2) is 0 Å². The standard InChI is InChI=1S/C13H19N.C13H17N.C13H18/c1-4-13(9(2)10(13)3)11-7-5-6-8-12(11)14;1-4-5-10-13(14-3)12-9-7-6-8-11(12)2;1-6-9-13(10-7-2)12(5)11(4)8-3/h5-10H,4,14H2,1-3H3;4-10,14H,1-3H3;6-10H,1,5H2,2-4H3/b;5-4-,13-10-;10-7-,11-8-,13-9+. The molecule has 1 aliphatic carbocycles. The number of para-hydroxylation sites is 1. The average Bonchev–Trinajstić information content (AvgIpc) is 3.52. The molecule has 2 unspecified atom stereocenters. The Labute approximate surface area is 251 Å².